The van der Waals surface area contributed by atoms with E-state index in [1.807, 2.05) is 4.90 Å². The Bertz CT molecular complexity index is 982. The van der Waals surface area contributed by atoms with Crippen LogP contribution in [0.5, 0.6) is 5.75 Å². The first kappa shape index (κ1) is 18.4. The molecule has 3 heterocycles. The van der Waals surface area contributed by atoms with Crippen molar-refractivity contribution in [3.63, 3.8) is 0 Å². The molecule has 4 rings (SSSR count). The summed E-state index contributed by atoms with van der Waals surface area (Å²) in [7, 11) is 0. The smallest absolute Gasteiger partial charge is 0.263 e. The minimum absolute atomic E-state index is 0.0397. The van der Waals surface area contributed by atoms with Gasteiger partial charge in [0.05, 0.1) is 36.8 Å². The van der Waals surface area contributed by atoms with Crippen LogP contribution in [0.1, 0.15) is 6.42 Å². The fourth-order valence-corrected chi connectivity index (χ4v) is 3.52. The summed E-state index contributed by atoms with van der Waals surface area (Å²) >= 11 is 0. The maximum absolute atomic E-state index is 12.6. The van der Waals surface area contributed by atoms with Crippen LogP contribution in [0.4, 0.5) is 5.95 Å². The predicted octanol–water partition coefficient (Wildman–Crippen LogP) is -0.696. The highest BCUT2D eigenvalue weighted by atomic mass is 16.5. The fraction of sp³-hybridized carbons (Fsp3) is 0.444. The van der Waals surface area contributed by atoms with Crippen LogP contribution in [0.2, 0.25) is 0 Å². The lowest BCUT2D eigenvalue weighted by atomic mass is 10.1. The third-order valence-corrected chi connectivity index (χ3v) is 4.95. The van der Waals surface area contributed by atoms with Crippen LogP contribution in [-0.4, -0.2) is 65.2 Å². The van der Waals surface area contributed by atoms with Gasteiger partial charge < -0.3 is 15.2 Å². The number of amides is 2. The summed E-state index contributed by atoms with van der Waals surface area (Å²) in [6.45, 7) is 2.70. The number of benzene rings is 1. The summed E-state index contributed by atoms with van der Waals surface area (Å²) in [4.78, 5) is 42.2. The molecule has 148 valence electrons. The molecule has 2 aliphatic heterocycles. The van der Waals surface area contributed by atoms with E-state index in [1.54, 1.807) is 18.2 Å². The van der Waals surface area contributed by atoms with Crippen LogP contribution in [0.15, 0.2) is 23.0 Å². The fourth-order valence-electron chi connectivity index (χ4n) is 3.52. The zero-order valence-electron chi connectivity index (χ0n) is 15.2. The van der Waals surface area contributed by atoms with Crippen molar-refractivity contribution in [3.05, 3.63) is 28.6 Å². The number of primary amides is 1. The normalized spacial score (nSPS) is 17.9. The summed E-state index contributed by atoms with van der Waals surface area (Å²) in [6.07, 6.45) is 0.438. The number of hydrogen-bond acceptors (Lipinski definition) is 7. The number of carbonyl (C=O) groups excluding carboxylic acids is 2. The molecule has 1 aromatic carbocycles. The summed E-state index contributed by atoms with van der Waals surface area (Å²) in [5.74, 6) is 0.0941. The van der Waals surface area contributed by atoms with Crippen LogP contribution in [-0.2, 0) is 20.9 Å². The van der Waals surface area contributed by atoms with E-state index in [4.69, 9.17) is 15.2 Å². The third kappa shape index (κ3) is 3.56. The van der Waals surface area contributed by atoms with E-state index in [0.29, 0.717) is 49.4 Å². The van der Waals surface area contributed by atoms with Gasteiger partial charge in [-0.3, -0.25) is 29.2 Å². The van der Waals surface area contributed by atoms with E-state index in [-0.39, 0.29) is 36.5 Å². The van der Waals surface area contributed by atoms with E-state index in [0.717, 1.165) is 0 Å². The number of aromatic nitrogens is 2. The first-order valence-corrected chi connectivity index (χ1v) is 9.11. The van der Waals surface area contributed by atoms with E-state index in [2.05, 4.69) is 10.3 Å². The van der Waals surface area contributed by atoms with E-state index in [1.165, 1.54) is 4.57 Å². The topological polar surface area (TPSA) is 129 Å². The molecule has 2 amide bonds. The SMILES string of the molecule is NC(=O)C(CCOc1ccc2nc3n(c(=O)c2c1)CC(=O)N3)N1CCOCC1. The number of nitrogens with two attached hydrogens (primary N) is 1. The number of morpholine rings is 1. The van der Waals surface area contributed by atoms with Crippen molar-refractivity contribution in [1.82, 2.24) is 14.5 Å². The van der Waals surface area contributed by atoms with E-state index < -0.39 is 6.04 Å². The van der Waals surface area contributed by atoms with Crippen molar-refractivity contribution >= 4 is 28.7 Å². The second-order valence-electron chi connectivity index (χ2n) is 6.76. The molecule has 3 N–H and O–H groups in total. The zero-order valence-corrected chi connectivity index (χ0v) is 15.2. The van der Waals surface area contributed by atoms with E-state index >= 15 is 0 Å². The molecule has 28 heavy (non-hydrogen) atoms. The first-order valence-electron chi connectivity index (χ1n) is 9.11. The lowest BCUT2D eigenvalue weighted by Crippen LogP contribution is -2.50. The molecule has 0 radical (unpaired) electrons. The Hall–Kier alpha value is -2.98. The maximum Gasteiger partial charge on any atom is 0.263 e. The van der Waals surface area contributed by atoms with Gasteiger partial charge in [0.1, 0.15) is 12.3 Å². The summed E-state index contributed by atoms with van der Waals surface area (Å²) in [5, 5.41) is 2.93. The molecule has 1 unspecified atom stereocenters. The van der Waals surface area contributed by atoms with Crippen LogP contribution >= 0.6 is 0 Å². The largest absolute Gasteiger partial charge is 0.493 e. The van der Waals surface area contributed by atoms with Gasteiger partial charge in [-0.15, -0.1) is 0 Å². The molecular formula is C18H21N5O5. The predicted molar refractivity (Wildman–Crippen MR) is 100 cm³/mol. The number of rotatable bonds is 6. The summed E-state index contributed by atoms with van der Waals surface area (Å²) in [6, 6.07) is 4.56. The molecule has 1 aromatic heterocycles. The summed E-state index contributed by atoms with van der Waals surface area (Å²) < 4.78 is 12.4. The summed E-state index contributed by atoms with van der Waals surface area (Å²) in [5.41, 5.74) is 5.72. The average molecular weight is 387 g/mol. The monoisotopic (exact) mass is 387 g/mol. The first-order chi connectivity index (χ1) is 13.5. The average Bonchev–Trinajstić information content (AvgIpc) is 3.06. The lowest BCUT2D eigenvalue weighted by molar-refractivity contribution is -0.125. The molecule has 10 heteroatoms. The Morgan fingerprint density at radius 2 is 2.11 bits per heavy atom. The van der Waals surface area contributed by atoms with Crippen molar-refractivity contribution in [2.45, 2.75) is 19.0 Å². The quantitative estimate of drug-likeness (QED) is 0.671. The minimum Gasteiger partial charge on any atom is -0.493 e. The Morgan fingerprint density at radius 1 is 1.32 bits per heavy atom. The van der Waals surface area contributed by atoms with Gasteiger partial charge >= 0.3 is 0 Å². The Labute approximate surface area is 160 Å². The van der Waals surface area contributed by atoms with Gasteiger partial charge in [-0.25, -0.2) is 4.98 Å². The van der Waals surface area contributed by atoms with Crippen LogP contribution in [0.3, 0.4) is 0 Å². The highest BCUT2D eigenvalue weighted by molar-refractivity contribution is 5.94. The molecule has 1 atom stereocenters. The van der Waals surface area contributed by atoms with Crippen LogP contribution in [0.25, 0.3) is 10.9 Å². The number of nitrogens with zero attached hydrogens (tertiary/aromatic N) is 3. The third-order valence-electron chi connectivity index (χ3n) is 4.95. The molecular weight excluding hydrogens is 366 g/mol. The Morgan fingerprint density at radius 3 is 2.86 bits per heavy atom. The minimum atomic E-state index is -0.419. The number of fused-ring (bicyclic) bond motifs is 2. The Balaban J connectivity index is 1.47. The van der Waals surface area contributed by atoms with Gasteiger partial charge in [0.2, 0.25) is 17.8 Å². The molecule has 1 saturated heterocycles. The highest BCUT2D eigenvalue weighted by Gasteiger charge is 2.25. The molecule has 10 nitrogen and oxygen atoms in total. The molecule has 0 bridgehead atoms. The van der Waals surface area contributed by atoms with Gasteiger partial charge in [0, 0.05) is 19.5 Å². The highest BCUT2D eigenvalue weighted by Crippen LogP contribution is 2.20. The van der Waals surface area contributed by atoms with E-state index in [9.17, 15) is 14.4 Å². The number of carbonyl (C=O) groups is 2. The van der Waals surface area contributed by atoms with Crippen molar-refractivity contribution in [2.24, 2.45) is 5.73 Å². The van der Waals surface area contributed by atoms with Gasteiger partial charge in [-0.2, -0.15) is 0 Å². The molecule has 1 fully saturated rings. The zero-order chi connectivity index (χ0) is 19.7. The second kappa shape index (κ2) is 7.56. The van der Waals surface area contributed by atoms with Crippen molar-refractivity contribution in [2.75, 3.05) is 38.2 Å². The van der Waals surface area contributed by atoms with Gasteiger partial charge in [0.25, 0.3) is 5.56 Å². The Kier molecular flexibility index (Phi) is 4.97. The second-order valence-corrected chi connectivity index (χ2v) is 6.76. The maximum atomic E-state index is 12.6. The number of hydrogen-bond donors (Lipinski definition) is 2. The van der Waals surface area contributed by atoms with Gasteiger partial charge in [-0.05, 0) is 18.2 Å². The van der Waals surface area contributed by atoms with Crippen molar-refractivity contribution in [1.29, 1.82) is 0 Å². The van der Waals surface area contributed by atoms with Crippen molar-refractivity contribution in [3.8, 4) is 5.75 Å². The molecule has 0 saturated carbocycles. The molecule has 2 aromatic rings. The van der Waals surface area contributed by atoms with Gasteiger partial charge in [0.15, 0.2) is 0 Å². The molecule has 0 aliphatic carbocycles. The van der Waals surface area contributed by atoms with Crippen LogP contribution in [0, 0.1) is 0 Å². The molecule has 0 spiro atoms. The van der Waals surface area contributed by atoms with Gasteiger partial charge in [-0.1, -0.05) is 0 Å². The van der Waals surface area contributed by atoms with Crippen molar-refractivity contribution < 1.29 is 19.1 Å². The number of ether oxygens (including phenoxy) is 2. The van der Waals surface area contributed by atoms with Crippen LogP contribution < -0.4 is 21.3 Å². The molecule has 2 aliphatic rings. The number of anilines is 1. The standard InChI is InChI=1S/C18H21N5O5/c19-16(25)14(22-4-7-27-8-5-22)3-6-28-11-1-2-13-12(9-11)17(26)23-10-15(24)21-18(23)20-13/h1-2,9,14H,3-8,10H2,(H2,19,25)(H,20,21,24). The number of nitrogens with one attached hydrogen (secondary N) is 1. The lowest BCUT2D eigenvalue weighted by Gasteiger charge is -2.32.